The van der Waals surface area contributed by atoms with Gasteiger partial charge in [0.1, 0.15) is 11.4 Å². The standard InChI is InChI=1S/C18H20N2O4/c1-10(2)11-4-6-12(7-5-11)13-8-14(21)16(20-9-13)17(22)15(19)18(23)24-3/h4-10,15,21H,19H2,1-3H3. The number of hydrogen-bond donors (Lipinski definition) is 2. The number of ketones is 1. The summed E-state index contributed by atoms with van der Waals surface area (Å²) in [5.41, 5.74) is 7.96. The first-order chi connectivity index (χ1) is 11.3. The molecule has 0 radical (unpaired) electrons. The molecule has 1 unspecified atom stereocenters. The summed E-state index contributed by atoms with van der Waals surface area (Å²) < 4.78 is 4.42. The topological polar surface area (TPSA) is 103 Å². The molecular formula is C18H20N2O4. The van der Waals surface area contributed by atoms with E-state index >= 15 is 0 Å². The lowest BCUT2D eigenvalue weighted by Gasteiger charge is -2.11. The monoisotopic (exact) mass is 328 g/mol. The van der Waals surface area contributed by atoms with Crippen molar-refractivity contribution < 1.29 is 19.4 Å². The van der Waals surface area contributed by atoms with Crippen LogP contribution in [0.25, 0.3) is 11.1 Å². The highest BCUT2D eigenvalue weighted by molar-refractivity contribution is 6.12. The Bertz CT molecular complexity index is 754. The molecule has 0 fully saturated rings. The van der Waals surface area contributed by atoms with E-state index in [-0.39, 0.29) is 11.4 Å². The van der Waals surface area contributed by atoms with Gasteiger partial charge in [0.15, 0.2) is 6.04 Å². The van der Waals surface area contributed by atoms with Crippen molar-refractivity contribution in [1.82, 2.24) is 4.98 Å². The number of aromatic nitrogens is 1. The molecule has 6 nitrogen and oxygen atoms in total. The Labute approximate surface area is 140 Å². The molecule has 2 aromatic rings. The minimum atomic E-state index is -1.51. The number of pyridine rings is 1. The van der Waals surface area contributed by atoms with Gasteiger partial charge in [-0.3, -0.25) is 4.79 Å². The zero-order valence-corrected chi connectivity index (χ0v) is 13.8. The molecule has 1 atom stereocenters. The van der Waals surface area contributed by atoms with Crippen molar-refractivity contribution in [3.63, 3.8) is 0 Å². The van der Waals surface area contributed by atoms with Gasteiger partial charge >= 0.3 is 5.97 Å². The minimum absolute atomic E-state index is 0.254. The number of aromatic hydroxyl groups is 1. The first kappa shape index (κ1) is 17.6. The van der Waals surface area contributed by atoms with Crippen LogP contribution < -0.4 is 5.73 Å². The van der Waals surface area contributed by atoms with Crippen molar-refractivity contribution in [2.24, 2.45) is 5.73 Å². The smallest absolute Gasteiger partial charge is 0.330 e. The normalized spacial score (nSPS) is 12.0. The third-order valence-electron chi connectivity index (χ3n) is 3.75. The van der Waals surface area contributed by atoms with Crippen LogP contribution >= 0.6 is 0 Å². The van der Waals surface area contributed by atoms with Crippen LogP contribution in [0.1, 0.15) is 35.8 Å². The summed E-state index contributed by atoms with van der Waals surface area (Å²) in [7, 11) is 1.13. The molecule has 0 amide bonds. The zero-order chi connectivity index (χ0) is 17.9. The number of Topliss-reactive ketones (excluding diaryl/α,β-unsaturated/α-hetero) is 1. The third kappa shape index (κ3) is 3.60. The molecule has 126 valence electrons. The van der Waals surface area contributed by atoms with E-state index in [2.05, 4.69) is 23.6 Å². The first-order valence-electron chi connectivity index (χ1n) is 7.52. The molecule has 6 heteroatoms. The lowest BCUT2D eigenvalue weighted by molar-refractivity contribution is -0.140. The van der Waals surface area contributed by atoms with Crippen LogP contribution in [0.2, 0.25) is 0 Å². The average molecular weight is 328 g/mol. The number of carbonyl (C=O) groups is 2. The maximum absolute atomic E-state index is 12.1. The van der Waals surface area contributed by atoms with E-state index in [0.29, 0.717) is 11.5 Å². The molecule has 3 N–H and O–H groups in total. The maximum atomic E-state index is 12.1. The third-order valence-corrected chi connectivity index (χ3v) is 3.75. The number of nitrogens with zero attached hydrogens (tertiary/aromatic N) is 1. The Hall–Kier alpha value is -2.73. The van der Waals surface area contributed by atoms with Gasteiger partial charge in [0.25, 0.3) is 0 Å². The number of carbonyl (C=O) groups excluding carboxylic acids is 2. The molecule has 0 aliphatic carbocycles. The van der Waals surface area contributed by atoms with Crippen molar-refractivity contribution in [2.45, 2.75) is 25.8 Å². The van der Waals surface area contributed by atoms with E-state index in [1.165, 1.54) is 17.8 Å². The highest BCUT2D eigenvalue weighted by Gasteiger charge is 2.27. The molecule has 1 heterocycles. The van der Waals surface area contributed by atoms with Crippen LogP contribution in [0.4, 0.5) is 0 Å². The number of hydrogen-bond acceptors (Lipinski definition) is 6. The van der Waals surface area contributed by atoms with Crippen LogP contribution in [0.5, 0.6) is 5.75 Å². The van der Waals surface area contributed by atoms with E-state index in [4.69, 9.17) is 5.73 Å². The van der Waals surface area contributed by atoms with Gasteiger partial charge in [-0.05, 0) is 23.1 Å². The Balaban J connectivity index is 2.29. The summed E-state index contributed by atoms with van der Waals surface area (Å²) in [5.74, 6) is -1.58. The minimum Gasteiger partial charge on any atom is -0.506 e. The first-order valence-corrected chi connectivity index (χ1v) is 7.52. The number of nitrogens with two attached hydrogens (primary N) is 1. The van der Waals surface area contributed by atoms with E-state index in [1.54, 1.807) is 0 Å². The molecule has 0 aliphatic heterocycles. The lowest BCUT2D eigenvalue weighted by atomic mass is 9.99. The quantitative estimate of drug-likeness (QED) is 0.496. The SMILES string of the molecule is COC(=O)C(N)C(=O)c1ncc(-c2ccc(C(C)C)cc2)cc1O. The number of methoxy groups -OCH3 is 1. The van der Waals surface area contributed by atoms with Gasteiger partial charge in [0.05, 0.1) is 7.11 Å². The Kier molecular flexibility index (Phi) is 5.31. The fourth-order valence-electron chi connectivity index (χ4n) is 2.24. The molecule has 2 rings (SSSR count). The summed E-state index contributed by atoms with van der Waals surface area (Å²) in [5, 5.41) is 10.1. The van der Waals surface area contributed by atoms with Crippen LogP contribution in [-0.4, -0.2) is 35.0 Å². The molecule has 0 saturated heterocycles. The second-order valence-corrected chi connectivity index (χ2v) is 5.73. The molecule has 1 aromatic heterocycles. The molecular weight excluding hydrogens is 308 g/mol. The Morgan fingerprint density at radius 2 is 1.79 bits per heavy atom. The lowest BCUT2D eigenvalue weighted by Crippen LogP contribution is -2.39. The van der Waals surface area contributed by atoms with Gasteiger partial charge in [-0.15, -0.1) is 0 Å². The van der Waals surface area contributed by atoms with Crippen molar-refractivity contribution in [2.75, 3.05) is 7.11 Å². The van der Waals surface area contributed by atoms with E-state index in [9.17, 15) is 14.7 Å². The fraction of sp³-hybridized carbons (Fsp3) is 0.278. The van der Waals surface area contributed by atoms with Crippen LogP contribution in [-0.2, 0) is 9.53 Å². The Morgan fingerprint density at radius 3 is 2.29 bits per heavy atom. The highest BCUT2D eigenvalue weighted by atomic mass is 16.5. The average Bonchev–Trinajstić information content (AvgIpc) is 2.59. The van der Waals surface area contributed by atoms with Crippen molar-refractivity contribution in [3.05, 3.63) is 47.8 Å². The summed E-state index contributed by atoms with van der Waals surface area (Å²) in [6.45, 7) is 4.21. The number of rotatable bonds is 5. The fourth-order valence-corrected chi connectivity index (χ4v) is 2.24. The molecule has 0 spiro atoms. The summed E-state index contributed by atoms with van der Waals surface area (Å²) >= 11 is 0. The van der Waals surface area contributed by atoms with Crippen LogP contribution in [0.15, 0.2) is 36.5 Å². The highest BCUT2D eigenvalue weighted by Crippen LogP contribution is 2.27. The molecule has 0 saturated carbocycles. The molecule has 24 heavy (non-hydrogen) atoms. The summed E-state index contributed by atoms with van der Waals surface area (Å²) in [4.78, 5) is 27.4. The zero-order valence-electron chi connectivity index (χ0n) is 13.8. The van der Waals surface area contributed by atoms with Gasteiger partial charge in [-0.25, -0.2) is 9.78 Å². The predicted molar refractivity (Wildman–Crippen MR) is 89.7 cm³/mol. The van der Waals surface area contributed by atoms with Gasteiger partial charge in [-0.1, -0.05) is 38.1 Å². The maximum Gasteiger partial charge on any atom is 0.330 e. The second kappa shape index (κ2) is 7.23. The molecule has 0 aliphatic rings. The number of esters is 1. The van der Waals surface area contributed by atoms with Crippen LogP contribution in [0, 0.1) is 0 Å². The van der Waals surface area contributed by atoms with E-state index in [0.717, 1.165) is 12.7 Å². The van der Waals surface area contributed by atoms with Gasteiger partial charge in [0, 0.05) is 11.8 Å². The van der Waals surface area contributed by atoms with E-state index < -0.39 is 17.8 Å². The largest absolute Gasteiger partial charge is 0.506 e. The number of benzene rings is 1. The molecule has 1 aromatic carbocycles. The predicted octanol–water partition coefficient (Wildman–Crippen LogP) is 2.26. The van der Waals surface area contributed by atoms with Crippen LogP contribution in [0.3, 0.4) is 0 Å². The van der Waals surface area contributed by atoms with Gasteiger partial charge < -0.3 is 15.6 Å². The summed E-state index contributed by atoms with van der Waals surface area (Å²) in [6.07, 6.45) is 1.46. The summed E-state index contributed by atoms with van der Waals surface area (Å²) in [6, 6.07) is 7.77. The van der Waals surface area contributed by atoms with Crippen molar-refractivity contribution in [3.8, 4) is 16.9 Å². The van der Waals surface area contributed by atoms with Gasteiger partial charge in [0.2, 0.25) is 5.78 Å². The number of ether oxygens (including phenoxy) is 1. The second-order valence-electron chi connectivity index (χ2n) is 5.73. The van der Waals surface area contributed by atoms with Crippen molar-refractivity contribution in [1.29, 1.82) is 0 Å². The Morgan fingerprint density at radius 1 is 1.17 bits per heavy atom. The van der Waals surface area contributed by atoms with E-state index in [1.807, 2.05) is 24.3 Å². The van der Waals surface area contributed by atoms with Gasteiger partial charge in [-0.2, -0.15) is 0 Å². The molecule has 0 bridgehead atoms. The van der Waals surface area contributed by atoms with Crippen molar-refractivity contribution >= 4 is 11.8 Å².